The number of nitrogens with zero attached hydrogens (tertiary/aromatic N) is 1. The maximum absolute atomic E-state index is 12.1. The van der Waals surface area contributed by atoms with Gasteiger partial charge in [0.2, 0.25) is 0 Å². The third-order valence-electron chi connectivity index (χ3n) is 3.22. The van der Waals surface area contributed by atoms with Gasteiger partial charge in [-0.3, -0.25) is 4.79 Å². The molecule has 0 atom stereocenters. The van der Waals surface area contributed by atoms with Crippen molar-refractivity contribution < 1.29 is 4.79 Å². The molecule has 1 aromatic carbocycles. The SMILES string of the molecule is O=C(NCCc1[nH]cnc1-c1cccs1)c1cccc(Br)c1. The van der Waals surface area contributed by atoms with Gasteiger partial charge < -0.3 is 10.3 Å². The van der Waals surface area contributed by atoms with Gasteiger partial charge in [0, 0.05) is 28.7 Å². The van der Waals surface area contributed by atoms with Crippen LogP contribution in [0, 0.1) is 0 Å². The molecule has 6 heteroatoms. The lowest BCUT2D eigenvalue weighted by molar-refractivity contribution is 0.0954. The van der Waals surface area contributed by atoms with E-state index in [0.717, 1.165) is 20.7 Å². The number of imidazole rings is 1. The molecule has 0 saturated carbocycles. The Hall–Kier alpha value is -1.92. The van der Waals surface area contributed by atoms with Crippen LogP contribution in [0.2, 0.25) is 0 Å². The summed E-state index contributed by atoms with van der Waals surface area (Å²) in [5.74, 6) is -0.0708. The van der Waals surface area contributed by atoms with E-state index in [4.69, 9.17) is 0 Å². The highest BCUT2D eigenvalue weighted by Gasteiger charge is 2.10. The monoisotopic (exact) mass is 375 g/mol. The molecule has 0 spiro atoms. The molecule has 4 nitrogen and oxygen atoms in total. The van der Waals surface area contributed by atoms with Crippen LogP contribution in [0.3, 0.4) is 0 Å². The van der Waals surface area contributed by atoms with E-state index >= 15 is 0 Å². The van der Waals surface area contributed by atoms with E-state index in [1.807, 2.05) is 35.7 Å². The van der Waals surface area contributed by atoms with Gasteiger partial charge in [0.05, 0.1) is 11.2 Å². The molecule has 0 radical (unpaired) electrons. The van der Waals surface area contributed by atoms with Crippen molar-refractivity contribution in [2.24, 2.45) is 0 Å². The van der Waals surface area contributed by atoms with Gasteiger partial charge in [-0.15, -0.1) is 11.3 Å². The average molecular weight is 376 g/mol. The maximum Gasteiger partial charge on any atom is 0.251 e. The summed E-state index contributed by atoms with van der Waals surface area (Å²) < 4.78 is 0.897. The summed E-state index contributed by atoms with van der Waals surface area (Å²) in [4.78, 5) is 20.7. The number of carbonyl (C=O) groups is 1. The van der Waals surface area contributed by atoms with Gasteiger partial charge in [0.25, 0.3) is 5.91 Å². The summed E-state index contributed by atoms with van der Waals surface area (Å²) in [7, 11) is 0. The zero-order valence-corrected chi connectivity index (χ0v) is 14.1. The minimum Gasteiger partial charge on any atom is -0.352 e. The first-order chi connectivity index (χ1) is 10.7. The first-order valence-electron chi connectivity index (χ1n) is 6.84. The molecule has 3 aromatic rings. The van der Waals surface area contributed by atoms with Crippen molar-refractivity contribution in [1.82, 2.24) is 15.3 Å². The van der Waals surface area contributed by atoms with Crippen molar-refractivity contribution in [1.29, 1.82) is 0 Å². The van der Waals surface area contributed by atoms with Crippen molar-refractivity contribution in [3.05, 3.63) is 63.8 Å². The number of halogens is 1. The molecule has 1 amide bonds. The number of H-pyrrole nitrogens is 1. The van der Waals surface area contributed by atoms with Crippen LogP contribution in [0.5, 0.6) is 0 Å². The van der Waals surface area contributed by atoms with E-state index in [9.17, 15) is 4.79 Å². The standard InChI is InChI=1S/C16H14BrN3OS/c17-12-4-1-3-11(9-12)16(21)18-7-6-13-15(20-10-19-13)14-5-2-8-22-14/h1-5,8-10H,6-7H2,(H,18,21)(H,19,20). The number of aromatic nitrogens is 2. The first kappa shape index (κ1) is 15.0. The molecule has 2 N–H and O–H groups in total. The summed E-state index contributed by atoms with van der Waals surface area (Å²) in [6.45, 7) is 0.561. The minimum absolute atomic E-state index is 0.0708. The molecular formula is C16H14BrN3OS. The van der Waals surface area contributed by atoms with E-state index < -0.39 is 0 Å². The average Bonchev–Trinajstić information content (AvgIpc) is 3.17. The van der Waals surface area contributed by atoms with E-state index in [0.29, 0.717) is 18.5 Å². The van der Waals surface area contributed by atoms with Gasteiger partial charge in [0.1, 0.15) is 5.69 Å². The Bertz CT molecular complexity index is 767. The van der Waals surface area contributed by atoms with Gasteiger partial charge in [-0.05, 0) is 29.6 Å². The molecule has 0 unspecified atom stereocenters. The van der Waals surface area contributed by atoms with Gasteiger partial charge >= 0.3 is 0 Å². The summed E-state index contributed by atoms with van der Waals surface area (Å²) in [5.41, 5.74) is 2.65. The topological polar surface area (TPSA) is 57.8 Å². The fourth-order valence-corrected chi connectivity index (χ4v) is 3.32. The van der Waals surface area contributed by atoms with Crippen LogP contribution in [-0.4, -0.2) is 22.4 Å². The predicted molar refractivity (Wildman–Crippen MR) is 92.1 cm³/mol. The summed E-state index contributed by atoms with van der Waals surface area (Å²) >= 11 is 5.03. The molecule has 0 saturated heterocycles. The molecule has 2 heterocycles. The summed E-state index contributed by atoms with van der Waals surface area (Å²) in [6, 6.07) is 11.4. The van der Waals surface area contributed by atoms with E-state index in [-0.39, 0.29) is 5.91 Å². The second kappa shape index (κ2) is 6.89. The number of carbonyl (C=O) groups excluding carboxylic acids is 1. The number of nitrogens with one attached hydrogen (secondary N) is 2. The Kier molecular flexibility index (Phi) is 4.70. The highest BCUT2D eigenvalue weighted by atomic mass is 79.9. The van der Waals surface area contributed by atoms with Crippen LogP contribution in [0.4, 0.5) is 0 Å². The highest BCUT2D eigenvalue weighted by molar-refractivity contribution is 9.10. The first-order valence-corrected chi connectivity index (χ1v) is 8.51. The Balaban J connectivity index is 1.60. The third kappa shape index (κ3) is 3.45. The molecule has 0 aliphatic rings. The van der Waals surface area contributed by atoms with Crippen LogP contribution in [0.15, 0.2) is 52.6 Å². The van der Waals surface area contributed by atoms with Crippen molar-refractivity contribution in [3.8, 4) is 10.6 Å². The zero-order chi connectivity index (χ0) is 15.4. The molecule has 0 bridgehead atoms. The number of aromatic amines is 1. The molecule has 112 valence electrons. The fourth-order valence-electron chi connectivity index (χ4n) is 2.17. The third-order valence-corrected chi connectivity index (χ3v) is 4.59. The van der Waals surface area contributed by atoms with Crippen molar-refractivity contribution in [3.63, 3.8) is 0 Å². The van der Waals surface area contributed by atoms with Crippen LogP contribution in [0.25, 0.3) is 10.6 Å². The molecular weight excluding hydrogens is 362 g/mol. The highest BCUT2D eigenvalue weighted by Crippen LogP contribution is 2.25. The smallest absolute Gasteiger partial charge is 0.251 e. The molecule has 0 aliphatic carbocycles. The number of benzene rings is 1. The van der Waals surface area contributed by atoms with Gasteiger partial charge in [-0.2, -0.15) is 0 Å². The quantitative estimate of drug-likeness (QED) is 0.710. The van der Waals surface area contributed by atoms with Gasteiger partial charge in [0.15, 0.2) is 0 Å². The van der Waals surface area contributed by atoms with Crippen LogP contribution >= 0.6 is 27.3 Å². The van der Waals surface area contributed by atoms with Crippen molar-refractivity contribution >= 4 is 33.2 Å². The van der Waals surface area contributed by atoms with Crippen LogP contribution < -0.4 is 5.32 Å². The molecule has 0 aliphatic heterocycles. The number of rotatable bonds is 5. The Labute approximate surface area is 140 Å². The normalized spacial score (nSPS) is 10.6. The molecule has 2 aromatic heterocycles. The Morgan fingerprint density at radius 1 is 1.32 bits per heavy atom. The second-order valence-electron chi connectivity index (χ2n) is 4.72. The number of hydrogen-bond acceptors (Lipinski definition) is 3. The zero-order valence-electron chi connectivity index (χ0n) is 11.7. The second-order valence-corrected chi connectivity index (χ2v) is 6.59. The molecule has 3 rings (SSSR count). The van der Waals surface area contributed by atoms with Gasteiger partial charge in [-0.1, -0.05) is 28.1 Å². The predicted octanol–water partition coefficient (Wildman–Crippen LogP) is 3.87. The van der Waals surface area contributed by atoms with E-state index in [2.05, 4.69) is 31.2 Å². The fraction of sp³-hybridized carbons (Fsp3) is 0.125. The largest absolute Gasteiger partial charge is 0.352 e. The minimum atomic E-state index is -0.0708. The number of hydrogen-bond donors (Lipinski definition) is 2. The maximum atomic E-state index is 12.1. The Morgan fingerprint density at radius 3 is 3.00 bits per heavy atom. The van der Waals surface area contributed by atoms with E-state index in [1.54, 1.807) is 23.7 Å². The lowest BCUT2D eigenvalue weighted by Gasteiger charge is -2.06. The molecule has 22 heavy (non-hydrogen) atoms. The van der Waals surface area contributed by atoms with Crippen LogP contribution in [0.1, 0.15) is 16.1 Å². The molecule has 0 fully saturated rings. The number of amides is 1. The summed E-state index contributed by atoms with van der Waals surface area (Å²) in [5, 5.41) is 4.96. The lowest BCUT2D eigenvalue weighted by atomic mass is 10.2. The van der Waals surface area contributed by atoms with Crippen molar-refractivity contribution in [2.75, 3.05) is 6.54 Å². The van der Waals surface area contributed by atoms with Crippen molar-refractivity contribution in [2.45, 2.75) is 6.42 Å². The Morgan fingerprint density at radius 2 is 2.23 bits per heavy atom. The lowest BCUT2D eigenvalue weighted by Crippen LogP contribution is -2.25. The van der Waals surface area contributed by atoms with Crippen LogP contribution in [-0.2, 0) is 6.42 Å². The van der Waals surface area contributed by atoms with E-state index in [1.165, 1.54) is 0 Å². The van der Waals surface area contributed by atoms with Gasteiger partial charge in [-0.25, -0.2) is 4.98 Å². The number of thiophene rings is 1. The summed E-state index contributed by atoms with van der Waals surface area (Å²) in [6.07, 6.45) is 2.41.